The third kappa shape index (κ3) is 4.84. The minimum absolute atomic E-state index is 0.135. The summed E-state index contributed by atoms with van der Waals surface area (Å²) in [5.74, 6) is -1.14. The van der Waals surface area contributed by atoms with Crippen LogP contribution in [0, 0.1) is 6.92 Å². The van der Waals surface area contributed by atoms with Crippen molar-refractivity contribution in [2.75, 3.05) is 5.32 Å². The van der Waals surface area contributed by atoms with Crippen molar-refractivity contribution in [3.8, 4) is 0 Å². The minimum Gasteiger partial charge on any atom is -0.345 e. The minimum atomic E-state index is -0.602. The first-order valence-electron chi connectivity index (χ1n) is 7.44. The summed E-state index contributed by atoms with van der Waals surface area (Å²) < 4.78 is 0.907. The molecule has 5 heteroatoms. The number of rotatable bonds is 2. The van der Waals surface area contributed by atoms with Gasteiger partial charge in [0.25, 0.3) is 0 Å². The molecule has 0 saturated heterocycles. The summed E-state index contributed by atoms with van der Waals surface area (Å²) >= 11 is 3.41. The van der Waals surface area contributed by atoms with Crippen LogP contribution in [0.25, 0.3) is 0 Å². The molecule has 1 aromatic rings. The van der Waals surface area contributed by atoms with Gasteiger partial charge in [-0.15, -0.1) is 0 Å². The summed E-state index contributed by atoms with van der Waals surface area (Å²) in [5.41, 5.74) is 1.70. The molecule has 0 radical (unpaired) electrons. The lowest BCUT2D eigenvalue weighted by Gasteiger charge is -2.15. The normalized spacial score (nSPS) is 16.1. The molecule has 0 aliphatic heterocycles. The number of carbonyl (C=O) groups is 2. The summed E-state index contributed by atoms with van der Waals surface area (Å²) in [6, 6.07) is 5.61. The summed E-state index contributed by atoms with van der Waals surface area (Å²) in [6.07, 6.45) is 6.62. The number of carbonyl (C=O) groups excluding carboxylic acids is 2. The number of hydrogen-bond donors (Lipinski definition) is 2. The van der Waals surface area contributed by atoms with Gasteiger partial charge in [0.15, 0.2) is 0 Å². The molecule has 0 aromatic heterocycles. The van der Waals surface area contributed by atoms with Crippen molar-refractivity contribution >= 4 is 33.4 Å². The van der Waals surface area contributed by atoms with Crippen molar-refractivity contribution in [3.63, 3.8) is 0 Å². The lowest BCUT2D eigenvalue weighted by molar-refractivity contribution is -0.136. The molecule has 0 unspecified atom stereocenters. The van der Waals surface area contributed by atoms with Crippen LogP contribution in [0.5, 0.6) is 0 Å². The zero-order chi connectivity index (χ0) is 15.2. The Morgan fingerprint density at radius 3 is 2.38 bits per heavy atom. The third-order valence-electron chi connectivity index (χ3n) is 3.83. The molecule has 2 amide bonds. The van der Waals surface area contributed by atoms with Gasteiger partial charge in [0.1, 0.15) is 0 Å². The summed E-state index contributed by atoms with van der Waals surface area (Å²) in [5, 5.41) is 5.48. The topological polar surface area (TPSA) is 58.2 Å². The van der Waals surface area contributed by atoms with E-state index in [2.05, 4.69) is 26.6 Å². The number of anilines is 1. The Balaban J connectivity index is 1.89. The molecule has 0 heterocycles. The van der Waals surface area contributed by atoms with Gasteiger partial charge in [0.2, 0.25) is 0 Å². The van der Waals surface area contributed by atoms with Crippen LogP contribution >= 0.6 is 15.9 Å². The van der Waals surface area contributed by atoms with Gasteiger partial charge >= 0.3 is 11.8 Å². The fourth-order valence-corrected chi connectivity index (χ4v) is 2.91. The van der Waals surface area contributed by atoms with Gasteiger partial charge in [0, 0.05) is 16.2 Å². The van der Waals surface area contributed by atoms with E-state index in [1.165, 1.54) is 12.8 Å². The highest BCUT2D eigenvalue weighted by Crippen LogP contribution is 2.20. The molecule has 1 saturated carbocycles. The number of halogens is 1. The highest BCUT2D eigenvalue weighted by Gasteiger charge is 2.19. The zero-order valence-corrected chi connectivity index (χ0v) is 13.8. The molecule has 21 heavy (non-hydrogen) atoms. The van der Waals surface area contributed by atoms with E-state index < -0.39 is 11.8 Å². The average Bonchev–Trinajstić information content (AvgIpc) is 2.71. The van der Waals surface area contributed by atoms with Crippen LogP contribution in [-0.4, -0.2) is 17.9 Å². The van der Waals surface area contributed by atoms with Gasteiger partial charge in [-0.05, 0) is 37.5 Å². The van der Waals surface area contributed by atoms with E-state index in [-0.39, 0.29) is 6.04 Å². The largest absolute Gasteiger partial charge is 0.345 e. The fourth-order valence-electron chi connectivity index (χ4n) is 2.53. The van der Waals surface area contributed by atoms with Gasteiger partial charge in [0.05, 0.1) is 0 Å². The Hall–Kier alpha value is -1.36. The Kier molecular flexibility index (Phi) is 5.79. The first kappa shape index (κ1) is 16.0. The molecular weight excluding hydrogens is 332 g/mol. The van der Waals surface area contributed by atoms with E-state index in [1.54, 1.807) is 12.1 Å². The first-order chi connectivity index (χ1) is 10.1. The molecule has 114 valence electrons. The van der Waals surface area contributed by atoms with Gasteiger partial charge in [-0.3, -0.25) is 9.59 Å². The number of hydrogen-bond acceptors (Lipinski definition) is 2. The molecular formula is C16H21BrN2O2. The number of aryl methyl sites for hydroxylation is 1. The van der Waals surface area contributed by atoms with Crippen molar-refractivity contribution in [2.45, 2.75) is 51.5 Å². The van der Waals surface area contributed by atoms with Crippen LogP contribution in [0.3, 0.4) is 0 Å². The second kappa shape index (κ2) is 7.59. The molecule has 1 aromatic carbocycles. The van der Waals surface area contributed by atoms with Crippen LogP contribution in [-0.2, 0) is 9.59 Å². The van der Waals surface area contributed by atoms with E-state index in [0.717, 1.165) is 35.7 Å². The van der Waals surface area contributed by atoms with E-state index in [4.69, 9.17) is 0 Å². The van der Waals surface area contributed by atoms with Crippen LogP contribution < -0.4 is 10.6 Å². The van der Waals surface area contributed by atoms with Crippen molar-refractivity contribution in [2.24, 2.45) is 0 Å². The SMILES string of the molecule is Cc1ccc(NC(=O)C(=O)NC2CCCCCC2)cc1Br. The molecule has 2 rings (SSSR count). The maximum Gasteiger partial charge on any atom is 0.313 e. The van der Waals surface area contributed by atoms with Crippen LogP contribution in [0.1, 0.15) is 44.1 Å². The monoisotopic (exact) mass is 352 g/mol. The molecule has 0 atom stereocenters. The summed E-state index contributed by atoms with van der Waals surface area (Å²) in [4.78, 5) is 23.9. The van der Waals surface area contributed by atoms with Gasteiger partial charge in [-0.1, -0.05) is 47.7 Å². The molecule has 1 aliphatic carbocycles. The molecule has 0 bridgehead atoms. The molecule has 2 N–H and O–H groups in total. The Morgan fingerprint density at radius 2 is 1.76 bits per heavy atom. The maximum absolute atomic E-state index is 11.9. The highest BCUT2D eigenvalue weighted by atomic mass is 79.9. The smallest absolute Gasteiger partial charge is 0.313 e. The van der Waals surface area contributed by atoms with Gasteiger partial charge < -0.3 is 10.6 Å². The number of nitrogens with one attached hydrogen (secondary N) is 2. The summed E-state index contributed by atoms with van der Waals surface area (Å²) in [7, 11) is 0. The molecule has 1 fully saturated rings. The number of benzene rings is 1. The third-order valence-corrected chi connectivity index (χ3v) is 4.68. The van der Waals surface area contributed by atoms with Gasteiger partial charge in [-0.25, -0.2) is 0 Å². The summed E-state index contributed by atoms with van der Waals surface area (Å²) in [6.45, 7) is 1.97. The van der Waals surface area contributed by atoms with Gasteiger partial charge in [-0.2, -0.15) is 0 Å². The van der Waals surface area contributed by atoms with Crippen molar-refractivity contribution in [1.29, 1.82) is 0 Å². The standard InChI is InChI=1S/C16H21BrN2O2/c1-11-8-9-13(10-14(11)17)19-16(21)15(20)18-12-6-4-2-3-5-7-12/h8-10,12H,2-7H2,1H3,(H,18,20)(H,19,21). The van der Waals surface area contributed by atoms with E-state index in [9.17, 15) is 9.59 Å². The predicted molar refractivity (Wildman–Crippen MR) is 87.1 cm³/mol. The lowest BCUT2D eigenvalue weighted by Crippen LogP contribution is -2.41. The second-order valence-corrected chi connectivity index (χ2v) is 6.43. The van der Waals surface area contributed by atoms with Crippen molar-refractivity contribution in [1.82, 2.24) is 5.32 Å². The molecule has 4 nitrogen and oxygen atoms in total. The van der Waals surface area contributed by atoms with Crippen LogP contribution in [0.4, 0.5) is 5.69 Å². The fraction of sp³-hybridized carbons (Fsp3) is 0.500. The van der Waals surface area contributed by atoms with Crippen molar-refractivity contribution in [3.05, 3.63) is 28.2 Å². The van der Waals surface area contributed by atoms with E-state index in [0.29, 0.717) is 5.69 Å². The maximum atomic E-state index is 11.9. The predicted octanol–water partition coefficient (Wildman–Crippen LogP) is 3.54. The quantitative estimate of drug-likeness (QED) is 0.631. The highest BCUT2D eigenvalue weighted by molar-refractivity contribution is 9.10. The van der Waals surface area contributed by atoms with Crippen LogP contribution in [0.15, 0.2) is 22.7 Å². The van der Waals surface area contributed by atoms with Crippen LogP contribution in [0.2, 0.25) is 0 Å². The zero-order valence-electron chi connectivity index (χ0n) is 12.2. The molecule has 0 spiro atoms. The Morgan fingerprint density at radius 1 is 1.10 bits per heavy atom. The average molecular weight is 353 g/mol. The number of amides is 2. The second-order valence-electron chi connectivity index (χ2n) is 5.58. The van der Waals surface area contributed by atoms with E-state index >= 15 is 0 Å². The Bertz CT molecular complexity index is 523. The Labute approximate surface area is 133 Å². The first-order valence-corrected chi connectivity index (χ1v) is 8.23. The van der Waals surface area contributed by atoms with Crippen molar-refractivity contribution < 1.29 is 9.59 Å². The lowest BCUT2D eigenvalue weighted by atomic mass is 10.1. The molecule has 1 aliphatic rings. The van der Waals surface area contributed by atoms with E-state index in [1.807, 2.05) is 13.0 Å².